The molecule has 7 heteroatoms. The highest BCUT2D eigenvalue weighted by Gasteiger charge is 2.54. The van der Waals surface area contributed by atoms with Crippen molar-refractivity contribution in [2.75, 3.05) is 0 Å². The topological polar surface area (TPSA) is 55.1 Å². The summed E-state index contributed by atoms with van der Waals surface area (Å²) in [7, 11) is 0. The van der Waals surface area contributed by atoms with E-state index in [-0.39, 0.29) is 0 Å². The van der Waals surface area contributed by atoms with Crippen LogP contribution in [0.4, 0.5) is 13.2 Å². The van der Waals surface area contributed by atoms with E-state index < -0.39 is 23.7 Å². The van der Waals surface area contributed by atoms with Crippen LogP contribution in [0.5, 0.6) is 0 Å². The molecule has 0 aliphatic carbocycles. The highest BCUT2D eigenvalue weighted by molar-refractivity contribution is 7.07. The number of nitrogens with one attached hydrogen (secondary N) is 1. The van der Waals surface area contributed by atoms with Crippen molar-refractivity contribution in [3.8, 4) is 0 Å². The Morgan fingerprint density at radius 3 is 2.53 bits per heavy atom. The summed E-state index contributed by atoms with van der Waals surface area (Å²) in [4.78, 5) is 11.5. The molecule has 0 fully saturated rings. The van der Waals surface area contributed by atoms with Crippen molar-refractivity contribution in [3.05, 3.63) is 22.4 Å². The fraction of sp³-hybridized carbons (Fsp3) is 0.500. The zero-order chi connectivity index (χ0) is 13.3. The van der Waals surface area contributed by atoms with Crippen LogP contribution < -0.4 is 11.1 Å². The molecule has 1 amide bonds. The standard InChI is InChI=1S/C10H13F3N2OS/c1-6(7-3-4-17-5-7)15-8(16)9(2,14)10(11,12)13/h3-6H,14H2,1-2H3,(H,15,16). The fourth-order valence-electron chi connectivity index (χ4n) is 1.08. The second-order valence-corrected chi connectivity index (χ2v) is 4.73. The van der Waals surface area contributed by atoms with E-state index in [9.17, 15) is 18.0 Å². The molecular weight excluding hydrogens is 253 g/mol. The maximum atomic E-state index is 12.5. The molecule has 0 bridgehead atoms. The van der Waals surface area contributed by atoms with Crippen molar-refractivity contribution in [2.24, 2.45) is 5.73 Å². The number of hydrogen-bond donors (Lipinski definition) is 2. The van der Waals surface area contributed by atoms with E-state index in [4.69, 9.17) is 5.73 Å². The number of alkyl halides is 3. The Bertz CT molecular complexity index is 387. The quantitative estimate of drug-likeness (QED) is 0.881. The number of thiophene rings is 1. The van der Waals surface area contributed by atoms with Crippen LogP contribution in [0.25, 0.3) is 0 Å². The number of carbonyl (C=O) groups is 1. The zero-order valence-corrected chi connectivity index (χ0v) is 10.2. The van der Waals surface area contributed by atoms with E-state index >= 15 is 0 Å². The van der Waals surface area contributed by atoms with Gasteiger partial charge in [0.15, 0.2) is 5.54 Å². The Hall–Kier alpha value is -1.08. The first kappa shape index (κ1) is 14.0. The molecule has 2 unspecified atom stereocenters. The van der Waals surface area contributed by atoms with Crippen LogP contribution >= 0.6 is 11.3 Å². The number of nitrogens with two attached hydrogens (primary N) is 1. The molecule has 1 heterocycles. The maximum absolute atomic E-state index is 12.5. The summed E-state index contributed by atoms with van der Waals surface area (Å²) in [5, 5.41) is 5.79. The highest BCUT2D eigenvalue weighted by Crippen LogP contribution is 2.28. The van der Waals surface area contributed by atoms with Gasteiger partial charge in [0.25, 0.3) is 0 Å². The monoisotopic (exact) mass is 266 g/mol. The lowest BCUT2D eigenvalue weighted by atomic mass is 10.0. The molecule has 1 rings (SSSR count). The molecule has 0 aromatic carbocycles. The van der Waals surface area contributed by atoms with E-state index in [0.29, 0.717) is 6.92 Å². The predicted octanol–water partition coefficient (Wildman–Crippen LogP) is 2.21. The normalized spacial score (nSPS) is 17.3. The van der Waals surface area contributed by atoms with Gasteiger partial charge in [-0.05, 0) is 36.2 Å². The summed E-state index contributed by atoms with van der Waals surface area (Å²) < 4.78 is 37.5. The smallest absolute Gasteiger partial charge is 0.348 e. The largest absolute Gasteiger partial charge is 0.415 e. The summed E-state index contributed by atoms with van der Waals surface area (Å²) in [6.45, 7) is 2.26. The van der Waals surface area contributed by atoms with Gasteiger partial charge in [-0.25, -0.2) is 0 Å². The maximum Gasteiger partial charge on any atom is 0.415 e. The molecule has 0 saturated heterocycles. The molecule has 0 aliphatic heterocycles. The van der Waals surface area contributed by atoms with Gasteiger partial charge in [0.1, 0.15) is 0 Å². The summed E-state index contributed by atoms with van der Waals surface area (Å²) in [6.07, 6.45) is -4.77. The third-order valence-electron chi connectivity index (χ3n) is 2.45. The first-order valence-corrected chi connectivity index (χ1v) is 5.79. The van der Waals surface area contributed by atoms with Gasteiger partial charge < -0.3 is 11.1 Å². The predicted molar refractivity (Wildman–Crippen MR) is 59.5 cm³/mol. The van der Waals surface area contributed by atoms with Crippen molar-refractivity contribution in [1.29, 1.82) is 0 Å². The SMILES string of the molecule is CC(NC(=O)C(C)(N)C(F)(F)F)c1ccsc1. The number of halogens is 3. The molecule has 17 heavy (non-hydrogen) atoms. The van der Waals surface area contributed by atoms with Crippen LogP contribution in [0.2, 0.25) is 0 Å². The lowest BCUT2D eigenvalue weighted by Gasteiger charge is -2.27. The van der Waals surface area contributed by atoms with Gasteiger partial charge in [-0.2, -0.15) is 24.5 Å². The van der Waals surface area contributed by atoms with E-state index in [0.717, 1.165) is 5.56 Å². The summed E-state index contributed by atoms with van der Waals surface area (Å²) in [5.74, 6) is -1.23. The van der Waals surface area contributed by atoms with E-state index in [1.54, 1.807) is 23.8 Å². The average Bonchev–Trinajstić information content (AvgIpc) is 2.68. The van der Waals surface area contributed by atoms with Gasteiger partial charge in [-0.15, -0.1) is 0 Å². The Morgan fingerprint density at radius 1 is 1.53 bits per heavy atom. The number of rotatable bonds is 3. The first-order chi connectivity index (χ1) is 7.66. The van der Waals surface area contributed by atoms with Crippen molar-refractivity contribution in [1.82, 2.24) is 5.32 Å². The minimum Gasteiger partial charge on any atom is -0.348 e. The van der Waals surface area contributed by atoms with Crippen molar-refractivity contribution < 1.29 is 18.0 Å². The third-order valence-corrected chi connectivity index (χ3v) is 3.15. The molecule has 96 valence electrons. The van der Waals surface area contributed by atoms with Gasteiger partial charge in [-0.1, -0.05) is 0 Å². The van der Waals surface area contributed by atoms with Crippen LogP contribution in [0.3, 0.4) is 0 Å². The van der Waals surface area contributed by atoms with E-state index in [1.165, 1.54) is 11.3 Å². The first-order valence-electron chi connectivity index (χ1n) is 4.85. The number of carbonyl (C=O) groups excluding carboxylic acids is 1. The molecule has 1 aromatic heterocycles. The second kappa shape index (κ2) is 4.66. The van der Waals surface area contributed by atoms with Crippen LogP contribution in [-0.4, -0.2) is 17.6 Å². The van der Waals surface area contributed by atoms with Gasteiger partial charge >= 0.3 is 6.18 Å². The van der Waals surface area contributed by atoms with Gasteiger partial charge in [0.2, 0.25) is 5.91 Å². The molecule has 3 N–H and O–H groups in total. The Balaban J connectivity index is 2.73. The van der Waals surface area contributed by atoms with Crippen molar-refractivity contribution >= 4 is 17.2 Å². The lowest BCUT2D eigenvalue weighted by molar-refractivity contribution is -0.187. The molecule has 3 nitrogen and oxygen atoms in total. The number of hydrogen-bond acceptors (Lipinski definition) is 3. The summed E-state index contributed by atoms with van der Waals surface area (Å²) >= 11 is 1.40. The highest BCUT2D eigenvalue weighted by atomic mass is 32.1. The molecule has 0 radical (unpaired) electrons. The van der Waals surface area contributed by atoms with Crippen molar-refractivity contribution in [3.63, 3.8) is 0 Å². The van der Waals surface area contributed by atoms with Crippen molar-refractivity contribution in [2.45, 2.75) is 31.6 Å². The van der Waals surface area contributed by atoms with Gasteiger partial charge in [-0.3, -0.25) is 4.79 Å². The minimum absolute atomic E-state index is 0.501. The Morgan fingerprint density at radius 2 is 2.12 bits per heavy atom. The average molecular weight is 266 g/mol. The summed E-state index contributed by atoms with van der Waals surface area (Å²) in [6, 6.07) is 1.23. The van der Waals surface area contributed by atoms with Crippen LogP contribution in [0.15, 0.2) is 16.8 Å². The van der Waals surface area contributed by atoms with Gasteiger partial charge in [0.05, 0.1) is 6.04 Å². The van der Waals surface area contributed by atoms with Crippen LogP contribution in [-0.2, 0) is 4.79 Å². The second-order valence-electron chi connectivity index (χ2n) is 3.95. The zero-order valence-electron chi connectivity index (χ0n) is 9.34. The molecule has 2 atom stereocenters. The fourth-order valence-corrected chi connectivity index (χ4v) is 1.83. The number of amides is 1. The molecule has 0 aliphatic rings. The lowest BCUT2D eigenvalue weighted by Crippen LogP contribution is -2.61. The third kappa shape index (κ3) is 2.98. The molecular formula is C10H13F3N2OS. The van der Waals surface area contributed by atoms with E-state index in [1.807, 2.05) is 0 Å². The van der Waals surface area contributed by atoms with Crippen LogP contribution in [0, 0.1) is 0 Å². The van der Waals surface area contributed by atoms with E-state index in [2.05, 4.69) is 5.32 Å². The van der Waals surface area contributed by atoms with Gasteiger partial charge in [0, 0.05) is 0 Å². The molecule has 0 saturated carbocycles. The summed E-state index contributed by atoms with van der Waals surface area (Å²) in [5.41, 5.74) is 2.88. The molecule has 0 spiro atoms. The minimum atomic E-state index is -4.77. The van der Waals surface area contributed by atoms with Crippen LogP contribution in [0.1, 0.15) is 25.5 Å². The molecule has 1 aromatic rings. The Labute approximate surface area is 101 Å². The Kier molecular flexibility index (Phi) is 3.83.